The van der Waals surface area contributed by atoms with Crippen LogP contribution in [0.5, 0.6) is 11.5 Å². The molecule has 1 aliphatic heterocycles. The second-order valence-corrected chi connectivity index (χ2v) is 16.5. The molecule has 1 heterocycles. The average Bonchev–Trinajstić information content (AvgIpc) is 2.89. The van der Waals surface area contributed by atoms with Crippen LogP contribution in [0, 0.1) is 10.8 Å². The number of carbonyl (C=O) groups is 2. The summed E-state index contributed by atoms with van der Waals surface area (Å²) in [6, 6.07) is 8.33. The van der Waals surface area contributed by atoms with E-state index in [4.69, 9.17) is 19.8 Å². The zero-order chi connectivity index (χ0) is 37.1. The number of carbonyl (C=O) groups excluding carboxylic acids is 2. The van der Waals surface area contributed by atoms with Gasteiger partial charge in [0.05, 0.1) is 0 Å². The van der Waals surface area contributed by atoms with Gasteiger partial charge < -0.3 is 51.3 Å². The summed E-state index contributed by atoms with van der Waals surface area (Å²) in [5.41, 5.74) is 5.48. The molecule has 0 aromatic heterocycles. The number of rotatable bonds is 0. The van der Waals surface area contributed by atoms with Gasteiger partial charge in [-0.2, -0.15) is 0 Å². The van der Waals surface area contributed by atoms with E-state index in [1.165, 1.54) is 11.1 Å². The van der Waals surface area contributed by atoms with E-state index in [1.807, 2.05) is 0 Å². The van der Waals surface area contributed by atoms with Crippen LogP contribution < -0.4 is 41.7 Å². The van der Waals surface area contributed by atoms with Crippen molar-refractivity contribution in [1.82, 2.24) is 21.3 Å². The number of nitrogens with one attached hydrogen (secondary N) is 4. The predicted octanol–water partition coefficient (Wildman–Crippen LogP) is 1.30. The van der Waals surface area contributed by atoms with E-state index in [0.717, 1.165) is 62.3 Å². The van der Waals surface area contributed by atoms with Crippen molar-refractivity contribution in [1.29, 1.82) is 0 Å². The number of carboxylic acids is 2. The van der Waals surface area contributed by atoms with Gasteiger partial charge in [-0.25, -0.2) is 0 Å². The normalized spacial score (nSPS) is 16.7. The molecule has 272 valence electrons. The molecule has 12 heteroatoms. The fourth-order valence-electron chi connectivity index (χ4n) is 5.17. The Kier molecular flexibility index (Phi) is 22.0. The van der Waals surface area contributed by atoms with Gasteiger partial charge in [0.1, 0.15) is 0 Å². The Hall–Kier alpha value is -1.65. The Morgan fingerprint density at radius 3 is 0.880 bits per heavy atom. The molecule has 50 heavy (non-hydrogen) atoms. The van der Waals surface area contributed by atoms with Gasteiger partial charge in [-0.1, -0.05) is 105 Å². The average molecular weight is 718 g/mol. The van der Waals surface area contributed by atoms with Gasteiger partial charge in [-0.3, -0.25) is 0 Å². The van der Waals surface area contributed by atoms with Crippen LogP contribution in [0.3, 0.4) is 0 Å². The molecule has 0 atom stereocenters. The largest absolute Gasteiger partial charge is 2.00 e. The third-order valence-corrected chi connectivity index (χ3v) is 7.89. The molecule has 10 nitrogen and oxygen atoms in total. The number of benzene rings is 2. The molecular formula is C38H60Mg2N4O6. The molecule has 0 fully saturated rings. The van der Waals surface area contributed by atoms with Gasteiger partial charge >= 0.3 is 46.1 Å². The van der Waals surface area contributed by atoms with Crippen LogP contribution in [0.4, 0.5) is 0 Å². The molecule has 1 aliphatic rings. The van der Waals surface area contributed by atoms with Crippen molar-refractivity contribution < 1.29 is 30.0 Å². The summed E-state index contributed by atoms with van der Waals surface area (Å²) >= 11 is 0. The predicted molar refractivity (Wildman–Crippen MR) is 196 cm³/mol. The van der Waals surface area contributed by atoms with Crippen molar-refractivity contribution in [3.05, 3.63) is 57.6 Å². The summed E-state index contributed by atoms with van der Waals surface area (Å²) in [6.07, 6.45) is 0. The van der Waals surface area contributed by atoms with Crippen molar-refractivity contribution in [2.45, 2.75) is 120 Å². The summed E-state index contributed by atoms with van der Waals surface area (Å²) in [7, 11) is 0. The van der Waals surface area contributed by atoms with Crippen LogP contribution in [-0.4, -0.2) is 84.2 Å². The summed E-state index contributed by atoms with van der Waals surface area (Å²) in [5.74, 6) is -1.91. The van der Waals surface area contributed by atoms with E-state index in [2.05, 4.69) is 115 Å². The monoisotopic (exact) mass is 716 g/mol. The van der Waals surface area contributed by atoms with Crippen molar-refractivity contribution >= 4 is 58.0 Å². The maximum absolute atomic E-state index is 13.4. The number of carboxylic acid groups (broad SMARTS) is 2. The number of fused-ring (bicyclic) bond motifs is 4. The van der Waals surface area contributed by atoms with E-state index in [1.54, 1.807) is 0 Å². The Morgan fingerprint density at radius 2 is 0.720 bits per heavy atom. The zero-order valence-corrected chi connectivity index (χ0v) is 35.7. The molecule has 2 aromatic rings. The first-order valence-electron chi connectivity index (χ1n) is 16.7. The minimum Gasteiger partial charge on any atom is -0.872 e. The first-order valence-corrected chi connectivity index (χ1v) is 16.7. The summed E-state index contributed by atoms with van der Waals surface area (Å²) in [6.45, 7) is 29.1. The maximum atomic E-state index is 13.4. The van der Waals surface area contributed by atoms with Gasteiger partial charge in [-0.05, 0) is 68.9 Å². The molecule has 0 aliphatic carbocycles. The summed E-state index contributed by atoms with van der Waals surface area (Å²) < 4.78 is 0. The van der Waals surface area contributed by atoms with Gasteiger partial charge in [0.25, 0.3) is 0 Å². The molecular weight excluding hydrogens is 657 g/mol. The molecule has 4 bridgehead atoms. The molecule has 0 radical (unpaired) electrons. The van der Waals surface area contributed by atoms with Gasteiger partial charge in [0.2, 0.25) is 0 Å². The van der Waals surface area contributed by atoms with E-state index in [0.29, 0.717) is 26.2 Å². The number of aliphatic carboxylic acids is 2. The number of hydrogen-bond acceptors (Lipinski definition) is 10. The van der Waals surface area contributed by atoms with Gasteiger partial charge in [0.15, 0.2) is 0 Å². The second kappa shape index (κ2) is 21.8. The third kappa shape index (κ3) is 19.3. The van der Waals surface area contributed by atoms with Crippen molar-refractivity contribution in [3.63, 3.8) is 0 Å². The minimum atomic E-state index is -1.08. The molecule has 4 N–H and O–H groups in total. The van der Waals surface area contributed by atoms with E-state index < -0.39 is 11.9 Å². The standard InChI is InChI=1S/C34H56N4O2.2C2H4O2.2Mg/c1-31(2,3)27-11-23-15-35-19-33(7,8)21-37-17-25-13-28(32(4,5)6)14-26(30(25)40)18-38-22-34(9,10)20-36-16-24(12-27)29(23)39;2*1-2(3)4;;/h11-14,35-40H,15-22H2,1-10H3;2*1H3,(H,3,4);;/q;;;2*+2/p-4. The van der Waals surface area contributed by atoms with Crippen molar-refractivity contribution in [2.75, 3.05) is 26.2 Å². The van der Waals surface area contributed by atoms with Gasteiger partial charge in [0, 0.05) is 64.3 Å². The zero-order valence-electron chi connectivity index (χ0n) is 32.8. The van der Waals surface area contributed by atoms with Crippen LogP contribution in [0.2, 0.25) is 0 Å². The molecule has 0 spiro atoms. The first kappa shape index (κ1) is 50.5. The second-order valence-electron chi connectivity index (χ2n) is 16.5. The quantitative estimate of drug-likeness (QED) is 0.291. The molecule has 2 aromatic carbocycles. The fraction of sp³-hybridized carbons (Fsp3) is 0.632. The van der Waals surface area contributed by atoms with Crippen molar-refractivity contribution in [2.24, 2.45) is 10.8 Å². The molecule has 3 rings (SSSR count). The first-order chi connectivity index (χ1) is 21.8. The van der Waals surface area contributed by atoms with Crippen LogP contribution >= 0.6 is 0 Å². The smallest absolute Gasteiger partial charge is 0.872 e. The Bertz CT molecular complexity index is 1190. The number of hydrogen-bond donors (Lipinski definition) is 4. The van der Waals surface area contributed by atoms with Gasteiger partial charge in [-0.15, -0.1) is 0 Å². The molecule has 0 saturated heterocycles. The molecule has 0 unspecified atom stereocenters. The van der Waals surface area contributed by atoms with Crippen molar-refractivity contribution in [3.8, 4) is 11.5 Å². The summed E-state index contributed by atoms with van der Waals surface area (Å²) in [4.78, 5) is 17.8. The van der Waals surface area contributed by atoms with E-state index >= 15 is 0 Å². The topological polar surface area (TPSA) is 174 Å². The van der Waals surface area contributed by atoms with Crippen LogP contribution in [0.25, 0.3) is 0 Å². The Morgan fingerprint density at radius 1 is 0.540 bits per heavy atom. The Labute approximate surface area is 333 Å². The molecule has 0 saturated carbocycles. The maximum Gasteiger partial charge on any atom is 2.00 e. The van der Waals surface area contributed by atoms with Crippen LogP contribution in [-0.2, 0) is 46.6 Å². The SMILES string of the molecule is CC(=O)[O-].CC(=O)[O-].CC1(C)CNCc2cc(C(C)(C)C)cc(c2[O-])CNCC(C)(C)CNCc2cc(C(C)(C)C)cc(c2[O-])CNC1.[Mg+2].[Mg+2]. The van der Waals surface area contributed by atoms with Crippen LogP contribution in [0.1, 0.15) is 116 Å². The summed E-state index contributed by atoms with van der Waals surface area (Å²) in [5, 5.41) is 58.9. The third-order valence-electron chi connectivity index (χ3n) is 7.89. The van der Waals surface area contributed by atoms with E-state index in [9.17, 15) is 10.2 Å². The van der Waals surface area contributed by atoms with E-state index in [-0.39, 0.29) is 79.3 Å². The Balaban J connectivity index is 0. The molecule has 0 amide bonds. The minimum absolute atomic E-state index is 0. The van der Waals surface area contributed by atoms with Crippen LogP contribution in [0.15, 0.2) is 24.3 Å². The fourth-order valence-corrected chi connectivity index (χ4v) is 5.17.